The number of para-hydroxylation sites is 1. The van der Waals surface area contributed by atoms with Crippen LogP contribution in [0, 0.1) is 27.6 Å². The molecule has 2 atom stereocenters. The van der Waals surface area contributed by atoms with Gasteiger partial charge in [-0.25, -0.2) is 0 Å². The molecule has 1 aliphatic rings. The molecule has 2 aromatic rings. The van der Waals surface area contributed by atoms with E-state index in [0.29, 0.717) is 43.0 Å². The zero-order valence-corrected chi connectivity index (χ0v) is 23.3. The number of ether oxygens (including phenoxy) is 2. The van der Waals surface area contributed by atoms with Crippen molar-refractivity contribution in [3.05, 3.63) is 48.0 Å². The van der Waals surface area contributed by atoms with Gasteiger partial charge in [0.15, 0.2) is 0 Å². The van der Waals surface area contributed by atoms with E-state index in [9.17, 15) is 14.9 Å². The number of carbonyl (C=O) groups excluding carboxylic acids is 2. The number of amides is 2. The first kappa shape index (κ1) is 28.6. The van der Waals surface area contributed by atoms with Crippen molar-refractivity contribution in [2.45, 2.75) is 45.0 Å². The van der Waals surface area contributed by atoms with Crippen molar-refractivity contribution in [2.24, 2.45) is 17.1 Å². The summed E-state index contributed by atoms with van der Waals surface area (Å²) < 4.78 is 11.7. The minimum absolute atomic E-state index is 0.148. The second-order valence-corrected chi connectivity index (χ2v) is 11.5. The Balaban J connectivity index is 1.74. The molecule has 1 heterocycles. The first-order valence-electron chi connectivity index (χ1n) is 12.1. The zero-order valence-electron chi connectivity index (χ0n) is 21.6. The zero-order chi connectivity index (χ0) is 27.2. The molecule has 0 aromatic heterocycles. The molecule has 37 heavy (non-hydrogen) atoms. The monoisotopic (exact) mass is 537 g/mol. The van der Waals surface area contributed by atoms with Crippen LogP contribution in [0.15, 0.2) is 42.5 Å². The third kappa shape index (κ3) is 7.08. The predicted molar refractivity (Wildman–Crippen MR) is 148 cm³/mol. The first-order valence-corrected chi connectivity index (χ1v) is 13.4. The van der Waals surface area contributed by atoms with E-state index in [4.69, 9.17) is 15.2 Å². The number of hydrogen-bond donors (Lipinski definition) is 1. The molecule has 1 saturated heterocycles. The van der Waals surface area contributed by atoms with E-state index in [0.717, 1.165) is 11.1 Å². The number of hydrogen-bond acceptors (Lipinski definition) is 6. The Morgan fingerprint density at radius 2 is 1.86 bits per heavy atom. The molecule has 2 N–H and O–H groups in total. The van der Waals surface area contributed by atoms with Crippen LogP contribution in [-0.4, -0.2) is 48.3 Å². The van der Waals surface area contributed by atoms with E-state index in [1.54, 1.807) is 24.1 Å². The summed E-state index contributed by atoms with van der Waals surface area (Å²) in [4.78, 5) is 29.8. The van der Waals surface area contributed by atoms with Crippen LogP contribution in [0.25, 0.3) is 11.1 Å². The average Bonchev–Trinajstić information content (AvgIpc) is 2.88. The van der Waals surface area contributed by atoms with Gasteiger partial charge < -0.3 is 10.5 Å². The molecule has 0 radical (unpaired) electrons. The molecule has 0 bridgehead atoms. The van der Waals surface area contributed by atoms with Gasteiger partial charge in [0.25, 0.3) is 0 Å². The van der Waals surface area contributed by atoms with Crippen LogP contribution in [-0.2, 0) is 4.79 Å². The van der Waals surface area contributed by atoms with Gasteiger partial charge in [0.2, 0.25) is 5.91 Å². The van der Waals surface area contributed by atoms with E-state index in [1.807, 2.05) is 51.1 Å². The fraction of sp³-hybridized carbons (Fsp3) is 0.429. The molecule has 2 aromatic carbocycles. The number of nitrogens with two attached hydrogens (primary N) is 1. The van der Waals surface area contributed by atoms with Gasteiger partial charge in [-0.15, -0.1) is 0 Å². The van der Waals surface area contributed by atoms with E-state index < -0.39 is 11.8 Å². The molecule has 1 aliphatic heterocycles. The van der Waals surface area contributed by atoms with Crippen molar-refractivity contribution in [1.82, 2.24) is 4.90 Å². The van der Waals surface area contributed by atoms with Crippen LogP contribution >= 0.6 is 20.5 Å². The Morgan fingerprint density at radius 3 is 2.43 bits per heavy atom. The second kappa shape index (κ2) is 12.5. The molecule has 194 valence electrons. The summed E-state index contributed by atoms with van der Waals surface area (Å²) in [6.45, 7) is 6.98. The number of rotatable bonds is 8. The summed E-state index contributed by atoms with van der Waals surface area (Å²) in [5, 5.41) is 9.56. The summed E-state index contributed by atoms with van der Waals surface area (Å²) in [5.74, 6) is -0.315. The summed E-state index contributed by atoms with van der Waals surface area (Å²) in [5.41, 5.74) is 7.24. The number of likely N-dealkylation sites (tertiary alicyclic amines) is 1. The Bertz CT molecular complexity index is 1220. The fourth-order valence-corrected chi connectivity index (χ4v) is 5.61. The van der Waals surface area contributed by atoms with Crippen LogP contribution in [0.1, 0.15) is 44.0 Å². The van der Waals surface area contributed by atoms with Gasteiger partial charge in [-0.05, 0) is 17.7 Å². The smallest absolute Gasteiger partial charge is 0.366 e. The molecule has 1 fully saturated rings. The second-order valence-electron chi connectivity index (χ2n) is 10.1. The predicted octanol–water partition coefficient (Wildman–Crippen LogP) is 5.45. The number of nitriles is 1. The molecular weight excluding hydrogens is 505 g/mol. The van der Waals surface area contributed by atoms with Gasteiger partial charge in [-0.2, -0.15) is 0 Å². The van der Waals surface area contributed by atoms with Crippen molar-refractivity contribution in [1.29, 1.82) is 5.26 Å². The van der Waals surface area contributed by atoms with Crippen molar-refractivity contribution in [3.63, 3.8) is 0 Å². The van der Waals surface area contributed by atoms with Crippen LogP contribution < -0.4 is 15.2 Å². The quantitative estimate of drug-likeness (QED) is 0.449. The SMILES string of the molecule is COc1ccccc1-c1cc(OC2CCN(C(=O)C(C#N)C(SC#P)C(C)(C)C)CC2)cc(C(N)=O)c1. The van der Waals surface area contributed by atoms with E-state index in [1.165, 1.54) is 11.8 Å². The number of benzene rings is 2. The molecule has 2 amide bonds. The van der Waals surface area contributed by atoms with Crippen LogP contribution in [0.2, 0.25) is 0 Å². The van der Waals surface area contributed by atoms with E-state index in [2.05, 4.69) is 19.7 Å². The van der Waals surface area contributed by atoms with Gasteiger partial charge in [0.05, 0.1) is 7.11 Å². The molecule has 0 saturated carbocycles. The van der Waals surface area contributed by atoms with Crippen molar-refractivity contribution in [2.75, 3.05) is 20.2 Å². The number of piperidine rings is 1. The fourth-order valence-electron chi connectivity index (χ4n) is 4.49. The van der Waals surface area contributed by atoms with Gasteiger partial charge in [-0.1, -0.05) is 18.2 Å². The van der Waals surface area contributed by atoms with Crippen LogP contribution in [0.3, 0.4) is 0 Å². The maximum absolute atomic E-state index is 13.3. The molecule has 3 rings (SSSR count). The van der Waals surface area contributed by atoms with E-state index in [-0.39, 0.29) is 22.7 Å². The number of methoxy groups -OCH3 is 1. The summed E-state index contributed by atoms with van der Waals surface area (Å²) in [7, 11) is 5.66. The number of primary amides is 1. The molecule has 0 spiro atoms. The van der Waals surface area contributed by atoms with Crippen molar-refractivity contribution in [3.8, 4) is 33.7 Å². The minimum Gasteiger partial charge on any atom is -0.366 e. The average molecular weight is 538 g/mol. The molecule has 9 heteroatoms. The molecule has 2 unspecified atom stereocenters. The van der Waals surface area contributed by atoms with Crippen LogP contribution in [0.5, 0.6) is 11.5 Å². The molecule has 7 nitrogen and oxygen atoms in total. The Morgan fingerprint density at radius 1 is 1.19 bits per heavy atom. The third-order valence-electron chi connectivity index (χ3n) is 6.41. The summed E-state index contributed by atoms with van der Waals surface area (Å²) in [6.07, 6.45) is 1.06. The van der Waals surface area contributed by atoms with Gasteiger partial charge >= 0.3 is 144 Å². The molecule has 0 aliphatic carbocycles. The van der Waals surface area contributed by atoms with Crippen molar-refractivity contribution >= 4 is 32.3 Å². The van der Waals surface area contributed by atoms with Gasteiger partial charge in [0, 0.05) is 11.1 Å². The number of carbonyl (C=O) groups is 2. The standard InChI is InChI=1S/C28H32N3O4PS/c1-28(2,3)25(37-17-36)23(16-29)27(33)31-11-9-20(10-12-31)35-21-14-18(13-19(15-21)26(30)32)22-7-5-6-8-24(22)34-4/h5-8,13-15,20,23,25H,9-12H2,1-4H3,(H2,30,32). The van der Waals surface area contributed by atoms with Gasteiger partial charge in [-0.3, -0.25) is 4.79 Å². The third-order valence-corrected chi connectivity index (χ3v) is 8.06. The van der Waals surface area contributed by atoms with Crippen molar-refractivity contribution < 1.29 is 19.1 Å². The summed E-state index contributed by atoms with van der Waals surface area (Å²) in [6, 6.07) is 15.0. The van der Waals surface area contributed by atoms with Gasteiger partial charge in [0.1, 0.15) is 5.75 Å². The number of thioether (sulfide) groups is 1. The Kier molecular flexibility index (Phi) is 9.68. The normalized spacial score (nSPS) is 15.7. The topological polar surface area (TPSA) is 106 Å². The number of nitrogens with zero attached hydrogens (tertiary/aromatic N) is 2. The Hall–Kier alpha value is -2.97. The van der Waals surface area contributed by atoms with Crippen LogP contribution in [0.4, 0.5) is 0 Å². The first-order chi connectivity index (χ1) is 17.6. The Labute approximate surface area is 225 Å². The summed E-state index contributed by atoms with van der Waals surface area (Å²) >= 11 is 1.29. The molecular formula is C28H32N3O4PS. The minimum atomic E-state index is -0.794. The maximum atomic E-state index is 13.3. The van der Waals surface area contributed by atoms with E-state index >= 15 is 0 Å².